The molecule has 104 valence electrons. The molecule has 0 saturated carbocycles. The van der Waals surface area contributed by atoms with Gasteiger partial charge in [-0.1, -0.05) is 60.7 Å². The van der Waals surface area contributed by atoms with Gasteiger partial charge in [-0.25, -0.2) is 0 Å². The van der Waals surface area contributed by atoms with E-state index in [0.29, 0.717) is 6.42 Å². The Morgan fingerprint density at radius 2 is 1.48 bits per heavy atom. The molecule has 3 nitrogen and oxygen atoms in total. The third-order valence-electron chi connectivity index (χ3n) is 4.50. The van der Waals surface area contributed by atoms with Crippen molar-refractivity contribution in [2.75, 3.05) is 13.1 Å². The van der Waals surface area contributed by atoms with Crippen LogP contribution in [0.3, 0.4) is 0 Å². The first-order valence-corrected chi connectivity index (χ1v) is 7.29. The van der Waals surface area contributed by atoms with Crippen molar-refractivity contribution >= 4 is 11.7 Å². The van der Waals surface area contributed by atoms with Crippen LogP contribution in [0.5, 0.6) is 0 Å². The number of hydrogen-bond donors (Lipinski definition) is 0. The Kier molecular flexibility index (Phi) is 2.67. The molecular weight excluding hydrogens is 260 g/mol. The van der Waals surface area contributed by atoms with E-state index in [9.17, 15) is 4.79 Å². The molecule has 1 fully saturated rings. The van der Waals surface area contributed by atoms with Crippen LogP contribution in [0.25, 0.3) is 0 Å². The second-order valence-corrected chi connectivity index (χ2v) is 5.57. The number of fused-ring (bicyclic) bond motifs is 1. The topological polar surface area (TPSA) is 32.7 Å². The van der Waals surface area contributed by atoms with E-state index in [1.165, 1.54) is 0 Å². The summed E-state index contributed by atoms with van der Waals surface area (Å²) in [6, 6.07) is 20.2. The van der Waals surface area contributed by atoms with E-state index in [0.717, 1.165) is 30.1 Å². The van der Waals surface area contributed by atoms with E-state index in [2.05, 4.69) is 4.99 Å². The molecule has 0 radical (unpaired) electrons. The van der Waals surface area contributed by atoms with Gasteiger partial charge in [0, 0.05) is 13.0 Å². The van der Waals surface area contributed by atoms with E-state index < -0.39 is 5.41 Å². The average Bonchev–Trinajstić information content (AvgIpc) is 3.11. The minimum atomic E-state index is -0.609. The van der Waals surface area contributed by atoms with E-state index in [-0.39, 0.29) is 5.91 Å². The average molecular weight is 276 g/mol. The summed E-state index contributed by atoms with van der Waals surface area (Å²) < 4.78 is 0. The molecule has 21 heavy (non-hydrogen) atoms. The first-order valence-electron chi connectivity index (χ1n) is 7.29. The second kappa shape index (κ2) is 4.55. The fraction of sp³-hybridized carbons (Fsp3) is 0.222. The highest BCUT2D eigenvalue weighted by Gasteiger charge is 2.53. The van der Waals surface area contributed by atoms with Crippen molar-refractivity contribution in [2.45, 2.75) is 11.8 Å². The van der Waals surface area contributed by atoms with Gasteiger partial charge in [0.25, 0.3) is 0 Å². The van der Waals surface area contributed by atoms with Crippen LogP contribution in [0.15, 0.2) is 65.7 Å². The molecule has 2 aromatic carbocycles. The van der Waals surface area contributed by atoms with E-state index >= 15 is 0 Å². The number of hydrogen-bond acceptors (Lipinski definition) is 2. The van der Waals surface area contributed by atoms with Gasteiger partial charge in [0.2, 0.25) is 5.91 Å². The second-order valence-electron chi connectivity index (χ2n) is 5.57. The Morgan fingerprint density at radius 1 is 0.905 bits per heavy atom. The maximum atomic E-state index is 13.2. The van der Waals surface area contributed by atoms with Gasteiger partial charge in [0.15, 0.2) is 0 Å². The van der Waals surface area contributed by atoms with Crippen LogP contribution < -0.4 is 0 Å². The third-order valence-corrected chi connectivity index (χ3v) is 4.50. The van der Waals surface area contributed by atoms with E-state index in [4.69, 9.17) is 0 Å². The fourth-order valence-corrected chi connectivity index (χ4v) is 3.47. The number of aliphatic imine (C=N–C) groups is 1. The fourth-order valence-electron chi connectivity index (χ4n) is 3.47. The smallest absolute Gasteiger partial charge is 0.243 e. The number of rotatable bonds is 2. The lowest BCUT2D eigenvalue weighted by atomic mass is 9.73. The van der Waals surface area contributed by atoms with Gasteiger partial charge in [0.05, 0.1) is 6.54 Å². The highest BCUT2D eigenvalue weighted by Crippen LogP contribution is 2.43. The minimum Gasteiger partial charge on any atom is -0.298 e. The highest BCUT2D eigenvalue weighted by atomic mass is 16.2. The van der Waals surface area contributed by atoms with Crippen LogP contribution in [0.2, 0.25) is 0 Å². The molecule has 4 rings (SSSR count). The molecule has 1 amide bonds. The summed E-state index contributed by atoms with van der Waals surface area (Å²) in [5.41, 5.74) is 1.50. The van der Waals surface area contributed by atoms with Crippen LogP contribution >= 0.6 is 0 Å². The molecule has 2 aliphatic rings. The summed E-state index contributed by atoms with van der Waals surface area (Å²) in [6.45, 7) is 1.45. The number of benzene rings is 2. The number of carbonyl (C=O) groups excluding carboxylic acids is 1. The van der Waals surface area contributed by atoms with Crippen molar-refractivity contribution in [3.63, 3.8) is 0 Å². The monoisotopic (exact) mass is 276 g/mol. The summed E-state index contributed by atoms with van der Waals surface area (Å²) in [5.74, 6) is 1.10. The van der Waals surface area contributed by atoms with E-state index in [1.807, 2.05) is 65.6 Å². The summed E-state index contributed by atoms with van der Waals surface area (Å²) in [6.07, 6.45) is 0.667. The Hall–Kier alpha value is -2.42. The van der Waals surface area contributed by atoms with Gasteiger partial charge >= 0.3 is 0 Å². The van der Waals surface area contributed by atoms with Gasteiger partial charge in [-0.3, -0.25) is 14.7 Å². The van der Waals surface area contributed by atoms with Crippen molar-refractivity contribution in [1.82, 2.24) is 4.90 Å². The zero-order valence-corrected chi connectivity index (χ0v) is 11.7. The zero-order chi connectivity index (χ0) is 14.3. The summed E-state index contributed by atoms with van der Waals surface area (Å²) >= 11 is 0. The Balaban J connectivity index is 1.95. The number of carbonyl (C=O) groups is 1. The van der Waals surface area contributed by atoms with Gasteiger partial charge in [-0.05, 0) is 11.1 Å². The SMILES string of the molecule is O=C1N2CCN=C2CC1(c1ccccc1)c1ccccc1. The Morgan fingerprint density at radius 3 is 2.00 bits per heavy atom. The first-order chi connectivity index (χ1) is 10.3. The molecular formula is C18H16N2O. The molecule has 1 saturated heterocycles. The standard InChI is InChI=1S/C18H16N2O/c21-17-18(14-7-3-1-4-8-14,15-9-5-2-6-10-15)13-16-19-11-12-20(16)17/h1-10H,11-13H2. The van der Waals surface area contributed by atoms with Gasteiger partial charge in [-0.2, -0.15) is 0 Å². The van der Waals surface area contributed by atoms with Crippen molar-refractivity contribution in [3.05, 3.63) is 71.8 Å². The van der Waals surface area contributed by atoms with Gasteiger partial charge in [-0.15, -0.1) is 0 Å². The van der Waals surface area contributed by atoms with Gasteiger partial charge < -0.3 is 0 Å². The molecule has 0 aromatic heterocycles. The van der Waals surface area contributed by atoms with E-state index in [1.54, 1.807) is 0 Å². The van der Waals surface area contributed by atoms with Crippen LogP contribution in [-0.2, 0) is 10.2 Å². The molecule has 3 heteroatoms. The quantitative estimate of drug-likeness (QED) is 0.830. The van der Waals surface area contributed by atoms with Crippen molar-refractivity contribution in [3.8, 4) is 0 Å². The number of nitrogens with zero attached hydrogens (tertiary/aromatic N) is 2. The Labute approximate surface area is 123 Å². The molecule has 0 N–H and O–H groups in total. The summed E-state index contributed by atoms with van der Waals surface area (Å²) in [5, 5.41) is 0. The number of amides is 1. The van der Waals surface area contributed by atoms with Crippen LogP contribution in [0, 0.1) is 0 Å². The van der Waals surface area contributed by atoms with Crippen molar-refractivity contribution in [2.24, 2.45) is 4.99 Å². The predicted octanol–water partition coefficient (Wildman–Crippen LogP) is 2.62. The lowest BCUT2D eigenvalue weighted by Gasteiger charge is -2.28. The lowest BCUT2D eigenvalue weighted by Crippen LogP contribution is -2.39. The summed E-state index contributed by atoms with van der Waals surface area (Å²) in [4.78, 5) is 19.5. The lowest BCUT2D eigenvalue weighted by molar-refractivity contribution is -0.129. The molecule has 0 bridgehead atoms. The Bertz CT molecular complexity index is 667. The van der Waals surface area contributed by atoms with Crippen LogP contribution in [0.4, 0.5) is 0 Å². The molecule has 0 aliphatic carbocycles. The largest absolute Gasteiger partial charge is 0.298 e. The molecule has 0 unspecified atom stereocenters. The van der Waals surface area contributed by atoms with Crippen molar-refractivity contribution < 1.29 is 4.79 Å². The zero-order valence-electron chi connectivity index (χ0n) is 11.7. The molecule has 0 atom stereocenters. The predicted molar refractivity (Wildman–Crippen MR) is 82.3 cm³/mol. The summed E-state index contributed by atoms with van der Waals surface area (Å²) in [7, 11) is 0. The normalized spacial score (nSPS) is 19.5. The maximum Gasteiger partial charge on any atom is 0.243 e. The maximum absolute atomic E-state index is 13.2. The molecule has 2 heterocycles. The first kappa shape index (κ1) is 12.3. The molecule has 0 spiro atoms. The third kappa shape index (κ3) is 1.67. The van der Waals surface area contributed by atoms with Crippen molar-refractivity contribution in [1.29, 1.82) is 0 Å². The highest BCUT2D eigenvalue weighted by molar-refractivity contribution is 6.13. The van der Waals surface area contributed by atoms with Crippen LogP contribution in [0.1, 0.15) is 17.5 Å². The van der Waals surface area contributed by atoms with Gasteiger partial charge in [0.1, 0.15) is 11.3 Å². The van der Waals surface area contributed by atoms with Crippen LogP contribution in [-0.4, -0.2) is 29.7 Å². The molecule has 2 aromatic rings. The molecule has 2 aliphatic heterocycles. The number of amidine groups is 1. The minimum absolute atomic E-state index is 0.163.